The number of nitrogens with zero attached hydrogens (tertiary/aromatic N) is 3. The normalized spacial score (nSPS) is 11.4. The van der Waals surface area contributed by atoms with E-state index >= 15 is 0 Å². The minimum absolute atomic E-state index is 0.0607. The number of benzene rings is 6. The second-order valence-electron chi connectivity index (χ2n) is 20.5. The van der Waals surface area contributed by atoms with E-state index in [0.29, 0.717) is 70.4 Å². The Kier molecular flexibility index (Phi) is 30.7. The van der Waals surface area contributed by atoms with Crippen molar-refractivity contribution in [2.45, 2.75) is 39.1 Å². The van der Waals surface area contributed by atoms with Crippen molar-refractivity contribution in [2.24, 2.45) is 0 Å². The smallest absolute Gasteiger partial charge is 0.493 e. The molecule has 0 unspecified atom stereocenters. The van der Waals surface area contributed by atoms with E-state index in [0.717, 1.165) is 33.4 Å². The first kappa shape index (κ1) is 73.3. The van der Waals surface area contributed by atoms with Crippen LogP contribution in [0.4, 0.5) is 31.4 Å². The van der Waals surface area contributed by atoms with Crippen LogP contribution in [0.15, 0.2) is 109 Å². The maximum absolute atomic E-state index is 12.0. The van der Waals surface area contributed by atoms with Crippen molar-refractivity contribution in [2.75, 3.05) is 140 Å². The van der Waals surface area contributed by atoms with Gasteiger partial charge in [0.15, 0.2) is 34.5 Å². The predicted octanol–water partition coefficient (Wildman–Crippen LogP) is 9.82. The number of nitro groups is 3. The molecule has 0 aromatic heterocycles. The number of hydrogen-bond donors (Lipinski definition) is 0. The van der Waals surface area contributed by atoms with Crippen molar-refractivity contribution >= 4 is 35.5 Å². The fourth-order valence-corrected chi connectivity index (χ4v) is 9.20. The van der Waals surface area contributed by atoms with Gasteiger partial charge in [0.05, 0.1) is 115 Å². The molecule has 0 radical (unpaired) electrons. The average molecular weight is 1340 g/mol. The van der Waals surface area contributed by atoms with E-state index in [1.807, 2.05) is 36.4 Å². The highest BCUT2D eigenvalue weighted by Gasteiger charge is 2.24. The van der Waals surface area contributed by atoms with Crippen LogP contribution in [-0.4, -0.2) is 173 Å². The molecule has 0 saturated heterocycles. The second-order valence-corrected chi connectivity index (χ2v) is 20.5. The lowest BCUT2D eigenvalue weighted by Crippen LogP contribution is -2.15. The van der Waals surface area contributed by atoms with Crippen LogP contribution in [0.3, 0.4) is 0 Å². The van der Waals surface area contributed by atoms with Gasteiger partial charge < -0.3 is 85.3 Å². The molecule has 0 saturated carbocycles. The van der Waals surface area contributed by atoms with Gasteiger partial charge in [-0.15, -0.1) is 0 Å². The maximum atomic E-state index is 12.0. The Morgan fingerprint density at radius 1 is 0.302 bits per heavy atom. The van der Waals surface area contributed by atoms with Crippen molar-refractivity contribution in [3.8, 4) is 34.5 Å². The Balaban J connectivity index is 0.907. The number of methoxy groups -OCH3 is 3. The molecule has 0 heterocycles. The van der Waals surface area contributed by atoms with Crippen LogP contribution < -0.4 is 28.4 Å². The molecule has 1 aliphatic carbocycles. The molecule has 0 amide bonds. The molecule has 1 aliphatic rings. The number of carbonyl (C=O) groups excluding carboxylic acids is 3. The zero-order valence-corrected chi connectivity index (χ0v) is 53.2. The largest absolute Gasteiger partial charge is 0.508 e. The minimum Gasteiger partial charge on any atom is -0.493 e. The monoisotopic (exact) mass is 1340 g/mol. The van der Waals surface area contributed by atoms with Gasteiger partial charge in [0, 0.05) is 36.4 Å². The summed E-state index contributed by atoms with van der Waals surface area (Å²) in [4.78, 5) is 67.1. The number of fused-ring (bicyclic) bond motifs is 3. The zero-order valence-electron chi connectivity index (χ0n) is 53.2. The zero-order chi connectivity index (χ0) is 68.3. The molecule has 6 aromatic rings. The number of carbonyl (C=O) groups is 3. The third-order valence-corrected chi connectivity index (χ3v) is 14.0. The molecule has 30 heteroatoms. The molecule has 96 heavy (non-hydrogen) atoms. The van der Waals surface area contributed by atoms with Gasteiger partial charge in [-0.3, -0.25) is 30.3 Å². The lowest BCUT2D eigenvalue weighted by Gasteiger charge is -2.18. The Morgan fingerprint density at radius 2 is 0.510 bits per heavy atom. The minimum atomic E-state index is -0.905. The first-order chi connectivity index (χ1) is 46.7. The molecule has 516 valence electrons. The van der Waals surface area contributed by atoms with Crippen LogP contribution in [0.1, 0.15) is 50.1 Å². The van der Waals surface area contributed by atoms with Gasteiger partial charge in [-0.1, -0.05) is 0 Å². The third kappa shape index (κ3) is 25.0. The van der Waals surface area contributed by atoms with Gasteiger partial charge in [0.25, 0.3) is 17.1 Å². The number of non-ortho nitro benzene ring substituents is 3. The van der Waals surface area contributed by atoms with Crippen molar-refractivity contribution in [3.63, 3.8) is 0 Å². The molecular weight excluding hydrogens is 1270 g/mol. The third-order valence-electron chi connectivity index (χ3n) is 14.0. The summed E-state index contributed by atoms with van der Waals surface area (Å²) in [5.41, 5.74) is 7.19. The number of ether oxygens (including phenoxy) is 18. The van der Waals surface area contributed by atoms with Crippen molar-refractivity contribution in [3.05, 3.63) is 190 Å². The quantitative estimate of drug-likeness (QED) is 0.0113. The maximum Gasteiger partial charge on any atom is 0.508 e. The molecule has 7 rings (SSSR count). The van der Waals surface area contributed by atoms with E-state index in [4.69, 9.17) is 85.3 Å². The summed E-state index contributed by atoms with van der Waals surface area (Å²) in [6.45, 7) is 2.27. The molecular formula is C66H75N3O27. The van der Waals surface area contributed by atoms with Gasteiger partial charge in [-0.05, 0) is 142 Å². The van der Waals surface area contributed by atoms with Crippen LogP contribution in [-0.2, 0) is 95.9 Å². The summed E-state index contributed by atoms with van der Waals surface area (Å²) in [7, 11) is 4.70. The summed E-state index contributed by atoms with van der Waals surface area (Å²) in [6.07, 6.45) is -1.31. The average Bonchev–Trinajstić information content (AvgIpc) is 1.52. The molecule has 0 atom stereocenters. The van der Waals surface area contributed by atoms with Gasteiger partial charge in [0.2, 0.25) is 0 Å². The fraction of sp³-hybridized carbons (Fsp3) is 0.409. The highest BCUT2D eigenvalue weighted by Crippen LogP contribution is 2.41. The molecule has 0 spiro atoms. The van der Waals surface area contributed by atoms with Crippen molar-refractivity contribution in [1.29, 1.82) is 0 Å². The number of rotatable bonds is 42. The first-order valence-electron chi connectivity index (χ1n) is 30.2. The lowest BCUT2D eigenvalue weighted by atomic mass is 9.94. The topological polar surface area (TPSA) is 347 Å². The highest BCUT2D eigenvalue weighted by atomic mass is 16.7. The van der Waals surface area contributed by atoms with Crippen LogP contribution in [0, 0.1) is 30.3 Å². The van der Waals surface area contributed by atoms with E-state index in [1.54, 1.807) is 21.3 Å². The van der Waals surface area contributed by atoms with Crippen molar-refractivity contribution in [1.82, 2.24) is 0 Å². The molecule has 0 bridgehead atoms. The summed E-state index contributed by atoms with van der Waals surface area (Å²) in [6, 6.07) is 28.6. The van der Waals surface area contributed by atoms with Gasteiger partial charge in [0.1, 0.15) is 59.5 Å². The van der Waals surface area contributed by atoms with E-state index in [9.17, 15) is 44.7 Å². The van der Waals surface area contributed by atoms with Crippen LogP contribution in [0.5, 0.6) is 34.5 Å². The summed E-state index contributed by atoms with van der Waals surface area (Å²) < 4.78 is 101. The molecule has 0 fully saturated rings. The Hall–Kier alpha value is -10.1. The Labute approximate surface area is 551 Å². The van der Waals surface area contributed by atoms with E-state index in [2.05, 4.69) is 0 Å². The predicted molar refractivity (Wildman–Crippen MR) is 336 cm³/mol. The molecule has 30 nitrogen and oxygen atoms in total. The fourth-order valence-electron chi connectivity index (χ4n) is 9.20. The summed E-state index contributed by atoms with van der Waals surface area (Å²) >= 11 is 0. The van der Waals surface area contributed by atoms with Gasteiger partial charge >= 0.3 is 18.5 Å². The lowest BCUT2D eigenvalue weighted by molar-refractivity contribution is -0.385. The van der Waals surface area contributed by atoms with E-state index in [1.165, 1.54) is 72.8 Å². The SMILES string of the molecule is COc1cc2c(cc1OCCOCCOCCOC(=O)OCc1ccc([N+](=O)[O-])cc1)Cc1cc(OC)c(OCCOCCOCCOC(=O)OCc3ccc([N+](=O)[O-])cc3)cc1Cc1cc(OC)c(OCCOCCOCCOC(=O)OCc3ccc([N+](=O)[O-])cc3)cc1C2. The van der Waals surface area contributed by atoms with E-state index < -0.39 is 33.2 Å². The molecule has 6 aromatic carbocycles. The molecule has 0 aliphatic heterocycles. The standard InChI is InChI=1S/C66H75N3O27/c1-79-58-37-49-34-53-41-62(89-29-23-83-17-20-86-26-32-92-65(71)95-44-47-6-12-56(13-7-47)68(75)76)60(81-3)39-51(53)36-54-42-63(90-30-24-84-18-21-87-27-33-93-66(72)96-45-48-8-14-57(15-9-48)69(77)78)59(80-2)38-50(54)35-52(49)40-61(58)88-28-22-82-16-19-85-25-31-91-64(70)94-43-46-4-10-55(11-5-46)67(73)74/h4-15,37-42H,16-36,43-45H2,1-3H3. The number of hydrogen-bond acceptors (Lipinski definition) is 27. The van der Waals surface area contributed by atoms with Gasteiger partial charge in [-0.25, -0.2) is 14.4 Å². The van der Waals surface area contributed by atoms with Crippen LogP contribution in [0.2, 0.25) is 0 Å². The number of nitro benzene ring substituents is 3. The Bertz CT molecular complexity index is 3100. The second kappa shape index (κ2) is 40.2. The van der Waals surface area contributed by atoms with Crippen LogP contribution >= 0.6 is 0 Å². The Morgan fingerprint density at radius 3 is 0.729 bits per heavy atom. The summed E-state index contributed by atoms with van der Waals surface area (Å²) in [5.74, 6) is 3.00. The molecule has 0 N–H and O–H groups in total. The van der Waals surface area contributed by atoms with Crippen LogP contribution in [0.25, 0.3) is 0 Å². The highest BCUT2D eigenvalue weighted by molar-refractivity contribution is 5.61. The summed E-state index contributed by atoms with van der Waals surface area (Å²) in [5, 5.41) is 32.6. The first-order valence-corrected chi connectivity index (χ1v) is 30.2. The van der Waals surface area contributed by atoms with Crippen molar-refractivity contribution < 1.29 is 114 Å². The van der Waals surface area contributed by atoms with E-state index in [-0.39, 0.29) is 156 Å². The van der Waals surface area contributed by atoms with Gasteiger partial charge in [-0.2, -0.15) is 0 Å².